The largest absolute Gasteiger partial charge is 0.462 e. The summed E-state index contributed by atoms with van der Waals surface area (Å²) in [6.45, 7) is 11.3. The summed E-state index contributed by atoms with van der Waals surface area (Å²) in [7, 11) is 0. The van der Waals surface area contributed by atoms with Crippen LogP contribution >= 0.6 is 0 Å². The average Bonchev–Trinajstić information content (AvgIpc) is 3.24. The van der Waals surface area contributed by atoms with Gasteiger partial charge in [-0.2, -0.15) is 0 Å². The van der Waals surface area contributed by atoms with Crippen LogP contribution in [0.25, 0.3) is 0 Å². The Kier molecular flexibility index (Phi) is 47.6. The Morgan fingerprint density at radius 3 is 0.790 bits per heavy atom. The number of hydrogen-bond donors (Lipinski definition) is 0. The van der Waals surface area contributed by atoms with E-state index < -0.39 is 6.10 Å². The molecule has 1 atom stereocenters. The summed E-state index contributed by atoms with van der Waals surface area (Å²) in [4.78, 5) is 37.7. The molecule has 0 aliphatic heterocycles. The Morgan fingerprint density at radius 1 is 0.306 bits per heavy atom. The van der Waals surface area contributed by atoms with E-state index in [1.165, 1.54) is 193 Å². The van der Waals surface area contributed by atoms with Crippen LogP contribution in [0.4, 0.5) is 0 Å². The number of carbonyl (C=O) groups is 3. The fourth-order valence-corrected chi connectivity index (χ4v) is 8.52. The molecule has 368 valence electrons. The van der Waals surface area contributed by atoms with Crippen molar-refractivity contribution >= 4 is 17.9 Å². The third kappa shape index (κ3) is 49.4. The van der Waals surface area contributed by atoms with Crippen molar-refractivity contribution in [3.8, 4) is 0 Å². The quantitative estimate of drug-likeness (QED) is 0.0344. The summed E-state index contributed by atoms with van der Waals surface area (Å²) in [6.07, 6.45) is 51.3. The number of rotatable bonds is 50. The lowest BCUT2D eigenvalue weighted by atomic mass is 10.0. The molecule has 0 spiro atoms. The molecule has 0 aliphatic rings. The van der Waals surface area contributed by atoms with Gasteiger partial charge in [0.15, 0.2) is 6.10 Å². The molecule has 0 heterocycles. The van der Waals surface area contributed by atoms with Crippen LogP contribution in [-0.4, -0.2) is 37.2 Å². The van der Waals surface area contributed by atoms with Crippen LogP contribution in [0.5, 0.6) is 0 Å². The van der Waals surface area contributed by atoms with E-state index >= 15 is 0 Å². The van der Waals surface area contributed by atoms with Gasteiger partial charge in [0.2, 0.25) is 0 Å². The highest BCUT2D eigenvalue weighted by Gasteiger charge is 2.19. The molecule has 0 saturated carbocycles. The first-order valence-electron chi connectivity index (χ1n) is 27.7. The van der Waals surface area contributed by atoms with E-state index in [0.717, 1.165) is 76.0 Å². The Hall–Kier alpha value is -1.59. The maximum absolute atomic E-state index is 12.8. The lowest BCUT2D eigenvalue weighted by molar-refractivity contribution is -0.167. The normalized spacial score (nSPS) is 12.0. The lowest BCUT2D eigenvalue weighted by Crippen LogP contribution is -2.30. The minimum atomic E-state index is -0.760. The third-order valence-electron chi connectivity index (χ3n) is 12.7. The first-order valence-corrected chi connectivity index (χ1v) is 27.7. The van der Waals surface area contributed by atoms with Crippen molar-refractivity contribution in [3.05, 3.63) is 0 Å². The van der Waals surface area contributed by atoms with Gasteiger partial charge in [0.05, 0.1) is 0 Å². The standard InChI is InChI=1S/C56H108O6/c1-6-7-8-34-41-46-54(57)60-49-53(62-56(59)48-43-38-33-29-25-21-17-13-15-19-23-27-31-36-40-45-52(4)5)50-61-55(58)47-42-37-32-28-24-20-16-12-10-9-11-14-18-22-26-30-35-39-44-51(2)3/h51-53H,6-50H2,1-5H3/t53-/m1/s1. The molecule has 6 heteroatoms. The van der Waals surface area contributed by atoms with E-state index in [-0.39, 0.29) is 31.1 Å². The zero-order valence-corrected chi connectivity index (χ0v) is 42.5. The molecule has 0 fully saturated rings. The first-order chi connectivity index (χ1) is 30.2. The molecule has 0 amide bonds. The minimum Gasteiger partial charge on any atom is -0.462 e. The fraction of sp³-hybridized carbons (Fsp3) is 0.946. The molecular formula is C56H108O6. The van der Waals surface area contributed by atoms with Crippen molar-refractivity contribution in [2.24, 2.45) is 11.8 Å². The van der Waals surface area contributed by atoms with Gasteiger partial charge in [0.25, 0.3) is 0 Å². The molecule has 0 aromatic heterocycles. The van der Waals surface area contributed by atoms with Gasteiger partial charge in [-0.05, 0) is 31.1 Å². The van der Waals surface area contributed by atoms with Crippen molar-refractivity contribution in [1.82, 2.24) is 0 Å². The summed E-state index contributed by atoms with van der Waals surface area (Å²) >= 11 is 0. The SMILES string of the molecule is CCCCCCCC(=O)OC[C@H](COC(=O)CCCCCCCCCCCCCCCCCCCCC(C)C)OC(=O)CCCCCCCCCCCCCCCCCC(C)C. The van der Waals surface area contributed by atoms with Gasteiger partial charge in [0, 0.05) is 19.3 Å². The number of esters is 3. The zero-order valence-electron chi connectivity index (χ0n) is 42.5. The first kappa shape index (κ1) is 60.4. The van der Waals surface area contributed by atoms with Crippen LogP contribution in [0, 0.1) is 11.8 Å². The maximum atomic E-state index is 12.8. The van der Waals surface area contributed by atoms with Crippen molar-refractivity contribution in [3.63, 3.8) is 0 Å². The highest BCUT2D eigenvalue weighted by molar-refractivity contribution is 5.71. The molecule has 6 nitrogen and oxygen atoms in total. The van der Waals surface area contributed by atoms with Crippen LogP contribution in [0.2, 0.25) is 0 Å². The number of unbranched alkanes of at least 4 members (excludes halogenated alkanes) is 35. The summed E-state index contributed by atoms with van der Waals surface area (Å²) in [5, 5.41) is 0. The van der Waals surface area contributed by atoms with E-state index in [2.05, 4.69) is 34.6 Å². The predicted molar refractivity (Wildman–Crippen MR) is 266 cm³/mol. The second kappa shape index (κ2) is 48.9. The molecule has 0 aliphatic carbocycles. The molecule has 0 aromatic carbocycles. The highest BCUT2D eigenvalue weighted by atomic mass is 16.6. The Balaban J connectivity index is 4.05. The van der Waals surface area contributed by atoms with Gasteiger partial charge in [-0.25, -0.2) is 0 Å². The van der Waals surface area contributed by atoms with Crippen LogP contribution < -0.4 is 0 Å². The van der Waals surface area contributed by atoms with Crippen LogP contribution in [-0.2, 0) is 28.6 Å². The Bertz CT molecular complexity index is 947. The van der Waals surface area contributed by atoms with E-state index in [1.54, 1.807) is 0 Å². The van der Waals surface area contributed by atoms with Crippen molar-refractivity contribution < 1.29 is 28.6 Å². The van der Waals surface area contributed by atoms with Gasteiger partial charge in [-0.1, -0.05) is 272 Å². The van der Waals surface area contributed by atoms with Crippen molar-refractivity contribution in [1.29, 1.82) is 0 Å². The Morgan fingerprint density at radius 2 is 0.532 bits per heavy atom. The van der Waals surface area contributed by atoms with Crippen LogP contribution in [0.15, 0.2) is 0 Å². The van der Waals surface area contributed by atoms with Gasteiger partial charge < -0.3 is 14.2 Å². The van der Waals surface area contributed by atoms with Gasteiger partial charge in [0.1, 0.15) is 13.2 Å². The molecule has 0 saturated heterocycles. The zero-order chi connectivity index (χ0) is 45.4. The van der Waals surface area contributed by atoms with Crippen LogP contribution in [0.3, 0.4) is 0 Å². The second-order valence-electron chi connectivity index (χ2n) is 20.2. The summed E-state index contributed by atoms with van der Waals surface area (Å²) in [5.74, 6) is 0.850. The molecule has 0 radical (unpaired) electrons. The molecule has 0 bridgehead atoms. The van der Waals surface area contributed by atoms with Crippen molar-refractivity contribution in [2.45, 2.75) is 317 Å². The molecule has 0 N–H and O–H groups in total. The number of ether oxygens (including phenoxy) is 3. The fourth-order valence-electron chi connectivity index (χ4n) is 8.52. The smallest absolute Gasteiger partial charge is 0.306 e. The molecule has 0 aromatic rings. The number of hydrogen-bond acceptors (Lipinski definition) is 6. The monoisotopic (exact) mass is 877 g/mol. The molecular weight excluding hydrogens is 769 g/mol. The summed E-state index contributed by atoms with van der Waals surface area (Å²) in [6, 6.07) is 0. The maximum Gasteiger partial charge on any atom is 0.306 e. The minimum absolute atomic E-state index is 0.0640. The molecule has 0 rings (SSSR count). The Labute approximate surface area is 387 Å². The average molecular weight is 877 g/mol. The van der Waals surface area contributed by atoms with E-state index in [1.807, 2.05) is 0 Å². The van der Waals surface area contributed by atoms with E-state index in [9.17, 15) is 14.4 Å². The predicted octanol–water partition coefficient (Wildman–Crippen LogP) is 18.1. The van der Waals surface area contributed by atoms with Gasteiger partial charge >= 0.3 is 17.9 Å². The second-order valence-corrected chi connectivity index (χ2v) is 20.2. The third-order valence-corrected chi connectivity index (χ3v) is 12.7. The van der Waals surface area contributed by atoms with E-state index in [0.29, 0.717) is 19.3 Å². The number of carbonyl (C=O) groups excluding carboxylic acids is 3. The van der Waals surface area contributed by atoms with Crippen molar-refractivity contribution in [2.75, 3.05) is 13.2 Å². The lowest BCUT2D eigenvalue weighted by Gasteiger charge is -2.18. The van der Waals surface area contributed by atoms with E-state index in [4.69, 9.17) is 14.2 Å². The summed E-state index contributed by atoms with van der Waals surface area (Å²) in [5.41, 5.74) is 0. The van der Waals surface area contributed by atoms with Gasteiger partial charge in [-0.3, -0.25) is 14.4 Å². The highest BCUT2D eigenvalue weighted by Crippen LogP contribution is 2.18. The molecule has 62 heavy (non-hydrogen) atoms. The van der Waals surface area contributed by atoms with Gasteiger partial charge in [-0.15, -0.1) is 0 Å². The van der Waals surface area contributed by atoms with Crippen LogP contribution in [0.1, 0.15) is 311 Å². The summed E-state index contributed by atoms with van der Waals surface area (Å²) < 4.78 is 16.7. The topological polar surface area (TPSA) is 78.9 Å². The molecule has 0 unspecified atom stereocenters.